The smallest absolute Gasteiger partial charge is 0.291 e. The number of hydrogen-bond donors (Lipinski definition) is 2. The summed E-state index contributed by atoms with van der Waals surface area (Å²) >= 11 is 0. The van der Waals surface area contributed by atoms with Crippen molar-refractivity contribution in [2.75, 3.05) is 10.6 Å². The normalized spacial score (nSPS) is 10.3. The lowest BCUT2D eigenvalue weighted by molar-refractivity contribution is 0.0996. The van der Waals surface area contributed by atoms with Crippen LogP contribution in [0.2, 0.25) is 0 Å². The van der Waals surface area contributed by atoms with Gasteiger partial charge in [-0.1, -0.05) is 29.8 Å². The molecule has 25 heavy (non-hydrogen) atoms. The first kappa shape index (κ1) is 16.5. The number of carbonyl (C=O) groups is 2. The van der Waals surface area contributed by atoms with E-state index in [2.05, 4.69) is 10.6 Å². The van der Waals surface area contributed by atoms with E-state index < -0.39 is 5.91 Å². The summed E-state index contributed by atoms with van der Waals surface area (Å²) in [6.07, 6.45) is 1.42. The van der Waals surface area contributed by atoms with E-state index in [9.17, 15) is 9.59 Å². The number of nitrogens with one attached hydrogen (secondary N) is 2. The molecule has 2 N–H and O–H groups in total. The van der Waals surface area contributed by atoms with Crippen molar-refractivity contribution in [3.63, 3.8) is 0 Å². The van der Waals surface area contributed by atoms with Gasteiger partial charge in [-0.2, -0.15) is 0 Å². The molecule has 0 aliphatic heterocycles. The monoisotopic (exact) mass is 334 g/mol. The van der Waals surface area contributed by atoms with Gasteiger partial charge in [0.15, 0.2) is 5.76 Å². The Bertz CT molecular complexity index is 914. The topological polar surface area (TPSA) is 71.3 Å². The lowest BCUT2D eigenvalue weighted by atomic mass is 10.1. The van der Waals surface area contributed by atoms with Crippen molar-refractivity contribution in [3.8, 4) is 0 Å². The fourth-order valence-electron chi connectivity index (χ4n) is 2.53. The highest BCUT2D eigenvalue weighted by atomic mass is 16.3. The van der Waals surface area contributed by atoms with Crippen LogP contribution in [0.5, 0.6) is 0 Å². The number of benzene rings is 2. The number of anilines is 2. The predicted octanol–water partition coefficient (Wildman–Crippen LogP) is 4.40. The lowest BCUT2D eigenvalue weighted by Crippen LogP contribution is -2.18. The van der Waals surface area contributed by atoms with Crippen LogP contribution >= 0.6 is 0 Å². The number of para-hydroxylation sites is 1. The van der Waals surface area contributed by atoms with E-state index in [-0.39, 0.29) is 11.7 Å². The summed E-state index contributed by atoms with van der Waals surface area (Å²) in [6.45, 7) is 3.94. The van der Waals surface area contributed by atoms with Crippen molar-refractivity contribution in [1.29, 1.82) is 0 Å². The van der Waals surface area contributed by atoms with Gasteiger partial charge in [0, 0.05) is 5.69 Å². The summed E-state index contributed by atoms with van der Waals surface area (Å²) < 4.78 is 5.08. The Hall–Kier alpha value is -3.34. The fraction of sp³-hybridized carbons (Fsp3) is 0.100. The fourth-order valence-corrected chi connectivity index (χ4v) is 2.53. The number of rotatable bonds is 4. The van der Waals surface area contributed by atoms with Crippen LogP contribution in [0, 0.1) is 13.8 Å². The van der Waals surface area contributed by atoms with Crippen LogP contribution in [0.3, 0.4) is 0 Å². The number of aryl methyl sites for hydroxylation is 2. The molecule has 1 heterocycles. The molecule has 1 aromatic heterocycles. The zero-order valence-electron chi connectivity index (χ0n) is 14.0. The van der Waals surface area contributed by atoms with Gasteiger partial charge in [-0.25, -0.2) is 0 Å². The number of amides is 2. The zero-order valence-corrected chi connectivity index (χ0v) is 14.0. The van der Waals surface area contributed by atoms with Crippen molar-refractivity contribution < 1.29 is 14.0 Å². The molecule has 0 bridgehead atoms. The third-order valence-electron chi connectivity index (χ3n) is 3.79. The highest BCUT2D eigenvalue weighted by Gasteiger charge is 2.16. The molecule has 2 aromatic carbocycles. The molecule has 2 amide bonds. The number of furan rings is 1. The Morgan fingerprint density at radius 2 is 1.60 bits per heavy atom. The minimum absolute atomic E-state index is 0.185. The van der Waals surface area contributed by atoms with E-state index in [1.54, 1.807) is 36.4 Å². The Morgan fingerprint density at radius 1 is 0.840 bits per heavy atom. The second-order valence-electron chi connectivity index (χ2n) is 5.75. The minimum Gasteiger partial charge on any atom is -0.459 e. The van der Waals surface area contributed by atoms with Crippen LogP contribution in [0.1, 0.15) is 32.0 Å². The van der Waals surface area contributed by atoms with E-state index in [4.69, 9.17) is 4.42 Å². The number of carbonyl (C=O) groups excluding carboxylic acids is 2. The van der Waals surface area contributed by atoms with E-state index in [1.807, 2.05) is 32.0 Å². The molecule has 0 atom stereocenters. The molecule has 0 spiro atoms. The third-order valence-corrected chi connectivity index (χ3v) is 3.79. The summed E-state index contributed by atoms with van der Waals surface area (Å²) in [7, 11) is 0. The third kappa shape index (κ3) is 3.77. The molecular weight excluding hydrogens is 316 g/mol. The van der Waals surface area contributed by atoms with E-state index >= 15 is 0 Å². The first-order valence-electron chi connectivity index (χ1n) is 7.87. The maximum atomic E-state index is 12.7. The van der Waals surface area contributed by atoms with Crippen molar-refractivity contribution in [1.82, 2.24) is 0 Å². The molecule has 0 fully saturated rings. The van der Waals surface area contributed by atoms with E-state index in [1.165, 1.54) is 6.26 Å². The summed E-state index contributed by atoms with van der Waals surface area (Å²) in [6, 6.07) is 15.8. The molecule has 0 saturated heterocycles. The van der Waals surface area contributed by atoms with Gasteiger partial charge < -0.3 is 15.1 Å². The van der Waals surface area contributed by atoms with Crippen LogP contribution in [-0.2, 0) is 0 Å². The van der Waals surface area contributed by atoms with Crippen LogP contribution in [-0.4, -0.2) is 11.8 Å². The van der Waals surface area contributed by atoms with Gasteiger partial charge in [-0.15, -0.1) is 0 Å². The van der Waals surface area contributed by atoms with Gasteiger partial charge in [0.2, 0.25) is 0 Å². The molecule has 0 aliphatic carbocycles. The van der Waals surface area contributed by atoms with Gasteiger partial charge in [-0.05, 0) is 49.7 Å². The Labute approximate surface area is 145 Å². The Balaban J connectivity index is 1.82. The molecule has 0 unspecified atom stereocenters. The van der Waals surface area contributed by atoms with Gasteiger partial charge in [-0.3, -0.25) is 9.59 Å². The largest absolute Gasteiger partial charge is 0.459 e. The first-order chi connectivity index (χ1) is 12.0. The van der Waals surface area contributed by atoms with Gasteiger partial charge in [0.05, 0.1) is 17.5 Å². The lowest BCUT2D eigenvalue weighted by Gasteiger charge is -2.12. The zero-order chi connectivity index (χ0) is 17.8. The average molecular weight is 334 g/mol. The van der Waals surface area contributed by atoms with Crippen LogP contribution in [0.15, 0.2) is 65.3 Å². The van der Waals surface area contributed by atoms with Crippen LogP contribution < -0.4 is 10.6 Å². The van der Waals surface area contributed by atoms with Crippen molar-refractivity contribution >= 4 is 23.2 Å². The van der Waals surface area contributed by atoms with E-state index in [0.717, 1.165) is 16.8 Å². The summed E-state index contributed by atoms with van der Waals surface area (Å²) in [4.78, 5) is 24.8. The highest BCUT2D eigenvalue weighted by Crippen LogP contribution is 2.21. The predicted molar refractivity (Wildman–Crippen MR) is 97.0 cm³/mol. The molecule has 3 aromatic rings. The number of hydrogen-bond acceptors (Lipinski definition) is 3. The highest BCUT2D eigenvalue weighted by molar-refractivity contribution is 6.12. The standard InChI is InChI=1S/C20H18N2O3/c1-13-9-10-16(14(2)12-13)21-19(23)15-6-3-4-7-17(15)22-20(24)18-8-5-11-25-18/h3-12H,1-2H3,(H,21,23)(H,22,24). The molecular formula is C20H18N2O3. The van der Waals surface area contributed by atoms with Crippen LogP contribution in [0.4, 0.5) is 11.4 Å². The maximum absolute atomic E-state index is 12.7. The van der Waals surface area contributed by atoms with Gasteiger partial charge >= 0.3 is 0 Å². The maximum Gasteiger partial charge on any atom is 0.291 e. The summed E-state index contributed by atoms with van der Waals surface area (Å²) in [5.41, 5.74) is 3.64. The second-order valence-corrected chi connectivity index (χ2v) is 5.75. The molecule has 5 nitrogen and oxygen atoms in total. The molecule has 5 heteroatoms. The van der Waals surface area contributed by atoms with Crippen molar-refractivity contribution in [3.05, 3.63) is 83.3 Å². The molecule has 126 valence electrons. The van der Waals surface area contributed by atoms with Gasteiger partial charge in [0.25, 0.3) is 11.8 Å². The van der Waals surface area contributed by atoms with Crippen molar-refractivity contribution in [2.24, 2.45) is 0 Å². The quantitative estimate of drug-likeness (QED) is 0.743. The average Bonchev–Trinajstić information content (AvgIpc) is 3.12. The summed E-state index contributed by atoms with van der Waals surface area (Å²) in [5, 5.41) is 5.60. The molecule has 0 radical (unpaired) electrons. The Morgan fingerprint density at radius 3 is 2.32 bits per heavy atom. The van der Waals surface area contributed by atoms with E-state index in [0.29, 0.717) is 11.3 Å². The summed E-state index contributed by atoms with van der Waals surface area (Å²) in [5.74, 6) is -0.511. The second kappa shape index (κ2) is 7.05. The van der Waals surface area contributed by atoms with Crippen molar-refractivity contribution in [2.45, 2.75) is 13.8 Å². The molecule has 0 aliphatic rings. The van der Waals surface area contributed by atoms with Gasteiger partial charge in [0.1, 0.15) is 0 Å². The SMILES string of the molecule is Cc1ccc(NC(=O)c2ccccc2NC(=O)c2ccco2)c(C)c1. The molecule has 0 saturated carbocycles. The van der Waals surface area contributed by atoms with Crippen LogP contribution in [0.25, 0.3) is 0 Å². The Kier molecular flexibility index (Phi) is 4.66. The minimum atomic E-state index is -0.406. The molecule has 3 rings (SSSR count). The first-order valence-corrected chi connectivity index (χ1v) is 7.87.